The molecule has 0 amide bonds. The van der Waals surface area contributed by atoms with E-state index in [-0.39, 0.29) is 42.8 Å². The summed E-state index contributed by atoms with van der Waals surface area (Å²) in [7, 11) is 0. The third-order valence-corrected chi connectivity index (χ3v) is 12.8. The zero-order valence-electron chi connectivity index (χ0n) is 40.4. The van der Waals surface area contributed by atoms with Gasteiger partial charge in [-0.1, -0.05) is 135 Å². The van der Waals surface area contributed by atoms with Crippen LogP contribution in [0.4, 0.5) is 0 Å². The zero-order valence-corrected chi connectivity index (χ0v) is 42.8. The monoisotopic (exact) mass is 1070 g/mol. The molecular weight excluding hydrogens is 1010 g/mol. The summed E-state index contributed by atoms with van der Waals surface area (Å²) in [5, 5.41) is 4.13. The minimum absolute atomic E-state index is 0. The summed E-state index contributed by atoms with van der Waals surface area (Å²) in [4.78, 5) is 14.3. The largest absolute Gasteiger partial charge is 0.500 e. The number of benzene rings is 7. The van der Waals surface area contributed by atoms with Crippen molar-refractivity contribution in [2.75, 3.05) is 0 Å². The molecule has 0 aliphatic heterocycles. The Kier molecular flexibility index (Phi) is 12.4. The fourth-order valence-electron chi connectivity index (χ4n) is 9.17. The van der Waals surface area contributed by atoms with E-state index in [4.69, 9.17) is 13.8 Å². The van der Waals surface area contributed by atoms with Gasteiger partial charge in [0.1, 0.15) is 16.7 Å². The number of para-hydroxylation sites is 1. The van der Waals surface area contributed by atoms with Crippen molar-refractivity contribution in [1.29, 1.82) is 0 Å². The number of fused-ring (bicyclic) bond motifs is 8. The number of rotatable bonds is 6. The molecule has 7 heteroatoms. The number of imidazole rings is 1. The van der Waals surface area contributed by atoms with Crippen molar-refractivity contribution in [1.82, 2.24) is 19.5 Å². The first-order chi connectivity index (χ1) is 32.2. The molecule has 0 aliphatic rings. The molecule has 0 saturated heterocycles. The summed E-state index contributed by atoms with van der Waals surface area (Å²) < 4.78 is 15.6. The van der Waals surface area contributed by atoms with Crippen LogP contribution in [0.1, 0.15) is 103 Å². The quantitative estimate of drug-likeness (QED) is 0.155. The van der Waals surface area contributed by atoms with Gasteiger partial charge in [0.25, 0.3) is 0 Å². The van der Waals surface area contributed by atoms with Gasteiger partial charge >= 0.3 is 0 Å². The Bertz CT molecular complexity index is 3570. The second kappa shape index (κ2) is 18.1. The Labute approximate surface area is 412 Å². The Morgan fingerprint density at radius 1 is 0.574 bits per heavy atom. The summed E-state index contributed by atoms with van der Waals surface area (Å²) in [5.41, 5.74) is 15.6. The summed E-state index contributed by atoms with van der Waals surface area (Å²) in [6.45, 7) is 22.4. The van der Waals surface area contributed by atoms with Crippen LogP contribution in [0.2, 0.25) is 0 Å². The molecule has 0 N–H and O–H groups in total. The molecule has 4 aromatic heterocycles. The average molecular weight is 1070 g/mol. The fraction of sp³-hybridized carbons (Fsp3) is 0.230. The standard InChI is InChI=1S/C47H41N2O2.C14H15N2.Ir/c1-27(2)36-24-30(29-14-9-8-10-15-29)25-37(28(3)4)43(36)49-39-22-20-31(47(5,6)7)26-38(39)48-46(49)35-18-13-17-32-33-21-23-41-42(45(33)51-44(32)35)34-16-11-12-19-40(34)50-41;1-14(2,3)12-9-10-15-13(16-12)11-7-5-4-6-8-11;/h8-17,19-28H,1-7H3;4-7,9-10H,1-3H3;/q2*-1;. The first-order valence-corrected chi connectivity index (χ1v) is 23.4. The molecular formula is C61H56IrN4O2-2. The van der Waals surface area contributed by atoms with Gasteiger partial charge in [-0.2, -0.15) is 0 Å². The zero-order chi connectivity index (χ0) is 46.8. The Hall–Kier alpha value is -6.66. The molecule has 0 atom stereocenters. The van der Waals surface area contributed by atoms with E-state index in [0.29, 0.717) is 0 Å². The molecule has 68 heavy (non-hydrogen) atoms. The van der Waals surface area contributed by atoms with Crippen LogP contribution in [-0.2, 0) is 30.9 Å². The minimum Gasteiger partial charge on any atom is -0.500 e. The molecule has 0 spiro atoms. The van der Waals surface area contributed by atoms with E-state index in [2.05, 4.69) is 181 Å². The van der Waals surface area contributed by atoms with Crippen molar-refractivity contribution in [3.05, 3.63) is 180 Å². The van der Waals surface area contributed by atoms with Crippen LogP contribution in [0.25, 0.3) is 94.5 Å². The first-order valence-electron chi connectivity index (χ1n) is 23.4. The van der Waals surface area contributed by atoms with Gasteiger partial charge in [-0.05, 0) is 93.6 Å². The molecule has 7 aromatic carbocycles. The van der Waals surface area contributed by atoms with E-state index in [1.807, 2.05) is 60.8 Å². The smallest absolute Gasteiger partial charge is 0.139 e. The van der Waals surface area contributed by atoms with Crippen molar-refractivity contribution in [2.45, 2.75) is 91.9 Å². The van der Waals surface area contributed by atoms with Crippen LogP contribution in [0.3, 0.4) is 0 Å². The number of aromatic nitrogens is 4. The molecule has 4 heterocycles. The van der Waals surface area contributed by atoms with Gasteiger partial charge < -0.3 is 13.4 Å². The van der Waals surface area contributed by atoms with Crippen LogP contribution in [0.15, 0.2) is 155 Å². The average Bonchev–Trinajstić information content (AvgIpc) is 4.02. The van der Waals surface area contributed by atoms with Gasteiger partial charge in [-0.15, -0.1) is 54.1 Å². The summed E-state index contributed by atoms with van der Waals surface area (Å²) in [6.07, 6.45) is 1.81. The maximum atomic E-state index is 6.97. The molecule has 0 unspecified atom stereocenters. The number of hydrogen-bond donors (Lipinski definition) is 0. The van der Waals surface area contributed by atoms with Crippen molar-refractivity contribution in [3.63, 3.8) is 0 Å². The van der Waals surface area contributed by atoms with Crippen LogP contribution in [-0.4, -0.2) is 19.5 Å². The van der Waals surface area contributed by atoms with Crippen LogP contribution in [0, 0.1) is 12.1 Å². The van der Waals surface area contributed by atoms with E-state index < -0.39 is 0 Å². The Morgan fingerprint density at radius 2 is 1.28 bits per heavy atom. The molecule has 1 radical (unpaired) electrons. The van der Waals surface area contributed by atoms with E-state index in [1.54, 1.807) is 0 Å². The van der Waals surface area contributed by atoms with E-state index in [9.17, 15) is 0 Å². The molecule has 343 valence electrons. The third kappa shape index (κ3) is 8.48. The summed E-state index contributed by atoms with van der Waals surface area (Å²) >= 11 is 0. The van der Waals surface area contributed by atoms with Crippen molar-refractivity contribution >= 4 is 54.9 Å². The maximum Gasteiger partial charge on any atom is 0.139 e. The van der Waals surface area contributed by atoms with E-state index in [0.717, 1.165) is 83.4 Å². The van der Waals surface area contributed by atoms with Crippen LogP contribution >= 0.6 is 0 Å². The molecule has 0 saturated carbocycles. The second-order valence-corrected chi connectivity index (χ2v) is 20.3. The fourth-order valence-corrected chi connectivity index (χ4v) is 9.17. The molecule has 11 aromatic rings. The van der Waals surface area contributed by atoms with Gasteiger partial charge in [0.15, 0.2) is 0 Å². The van der Waals surface area contributed by atoms with Crippen LogP contribution < -0.4 is 0 Å². The summed E-state index contributed by atoms with van der Waals surface area (Å²) in [5.74, 6) is 2.08. The van der Waals surface area contributed by atoms with Gasteiger partial charge in [0.2, 0.25) is 0 Å². The number of nitrogens with zero attached hydrogens (tertiary/aromatic N) is 4. The Balaban J connectivity index is 0.000000289. The van der Waals surface area contributed by atoms with Crippen LogP contribution in [0.5, 0.6) is 0 Å². The van der Waals surface area contributed by atoms with Gasteiger partial charge in [-0.25, -0.2) is 0 Å². The van der Waals surface area contributed by atoms with E-state index in [1.165, 1.54) is 33.5 Å². The summed E-state index contributed by atoms with van der Waals surface area (Å²) in [6, 6.07) is 55.2. The number of hydrogen-bond acceptors (Lipinski definition) is 5. The molecule has 11 rings (SSSR count). The molecule has 6 nitrogen and oxygen atoms in total. The van der Waals surface area contributed by atoms with Crippen molar-refractivity contribution < 1.29 is 28.9 Å². The van der Waals surface area contributed by atoms with Crippen molar-refractivity contribution in [2.24, 2.45) is 0 Å². The third-order valence-electron chi connectivity index (χ3n) is 12.8. The molecule has 0 bridgehead atoms. The predicted octanol–water partition coefficient (Wildman–Crippen LogP) is 16.7. The normalized spacial score (nSPS) is 12.1. The first kappa shape index (κ1) is 46.4. The Morgan fingerprint density at radius 3 is 1.97 bits per heavy atom. The van der Waals surface area contributed by atoms with Crippen molar-refractivity contribution in [3.8, 4) is 39.6 Å². The van der Waals surface area contributed by atoms with Gasteiger partial charge in [-0.3, -0.25) is 15.0 Å². The minimum atomic E-state index is -0.0226. The maximum absolute atomic E-state index is 6.97. The molecule has 0 aliphatic carbocycles. The number of furan rings is 2. The molecule has 0 fully saturated rings. The van der Waals surface area contributed by atoms with Gasteiger partial charge in [0.05, 0.1) is 33.7 Å². The predicted molar refractivity (Wildman–Crippen MR) is 277 cm³/mol. The second-order valence-electron chi connectivity index (χ2n) is 20.3. The topological polar surface area (TPSA) is 69.9 Å². The van der Waals surface area contributed by atoms with E-state index >= 15 is 0 Å². The van der Waals surface area contributed by atoms with Gasteiger partial charge in [0, 0.05) is 53.9 Å². The SMILES string of the molecule is CC(C)(C)c1ccnc(-c2[c-]cccc2)n1.CC(C)c1cc(-c2ccccc2)cc(C(C)C)c1-n1c(-c2[c-]ccc3c2oc2c3ccc3oc4ccccc4c32)nc2cc(C(C)(C)C)ccc21.[Ir].